The maximum absolute atomic E-state index is 12.6. The van der Waals surface area contributed by atoms with Gasteiger partial charge < -0.3 is 0 Å². The van der Waals surface area contributed by atoms with Gasteiger partial charge in [-0.2, -0.15) is 5.10 Å². The summed E-state index contributed by atoms with van der Waals surface area (Å²) in [7, 11) is 1.92. The first-order valence-electron chi connectivity index (χ1n) is 10.1. The fraction of sp³-hybridized carbons (Fsp3) is 0.200. The summed E-state index contributed by atoms with van der Waals surface area (Å²) >= 11 is 0. The number of aryl methyl sites for hydroxylation is 3. The summed E-state index contributed by atoms with van der Waals surface area (Å²) in [6.45, 7) is 4.08. The molecule has 0 saturated heterocycles. The van der Waals surface area contributed by atoms with Crippen LogP contribution >= 0.6 is 0 Å². The third-order valence-corrected chi connectivity index (χ3v) is 5.35. The third kappa shape index (κ3) is 4.06. The number of nitrogens with zero attached hydrogens (tertiary/aromatic N) is 4. The van der Waals surface area contributed by atoms with Gasteiger partial charge in [0.2, 0.25) is 0 Å². The monoisotopic (exact) mass is 396 g/mol. The number of pyridine rings is 2. The van der Waals surface area contributed by atoms with Crippen molar-refractivity contribution in [2.45, 2.75) is 26.7 Å². The second-order valence-electron chi connectivity index (χ2n) is 7.46. The fourth-order valence-electron chi connectivity index (χ4n) is 3.61. The molecule has 0 saturated carbocycles. The normalized spacial score (nSPS) is 10.9. The van der Waals surface area contributed by atoms with Crippen LogP contribution in [-0.4, -0.2) is 25.5 Å². The van der Waals surface area contributed by atoms with Crippen molar-refractivity contribution in [2.75, 3.05) is 0 Å². The lowest BCUT2D eigenvalue weighted by atomic mass is 9.95. The van der Waals surface area contributed by atoms with Gasteiger partial charge in [0.05, 0.1) is 12.6 Å². The van der Waals surface area contributed by atoms with Crippen molar-refractivity contribution in [1.82, 2.24) is 19.7 Å². The minimum absolute atomic E-state index is 0.0358. The van der Waals surface area contributed by atoms with Crippen molar-refractivity contribution < 1.29 is 4.79 Å². The maximum atomic E-state index is 12.6. The molecule has 0 bridgehead atoms. The van der Waals surface area contributed by atoms with Crippen LogP contribution in [0.15, 0.2) is 67.4 Å². The predicted molar refractivity (Wildman–Crippen MR) is 118 cm³/mol. The molecule has 0 aliphatic carbocycles. The molecule has 5 heteroatoms. The van der Waals surface area contributed by atoms with Gasteiger partial charge in [0, 0.05) is 54.2 Å². The molecule has 0 amide bonds. The van der Waals surface area contributed by atoms with Crippen molar-refractivity contribution in [3.8, 4) is 22.3 Å². The second kappa shape index (κ2) is 8.41. The molecule has 0 aliphatic rings. The number of hydrogen-bond acceptors (Lipinski definition) is 4. The molecule has 0 aliphatic heterocycles. The van der Waals surface area contributed by atoms with Crippen LogP contribution in [0, 0.1) is 6.92 Å². The first-order valence-corrected chi connectivity index (χ1v) is 10.1. The smallest absolute Gasteiger partial charge is 0.170 e. The van der Waals surface area contributed by atoms with Crippen molar-refractivity contribution in [1.29, 1.82) is 0 Å². The highest BCUT2D eigenvalue weighted by Gasteiger charge is 2.12. The Hall–Kier alpha value is -3.60. The number of Topliss-reactive ketones (excluding diaryl/α,β-unsaturated/α-hetero) is 1. The van der Waals surface area contributed by atoms with Crippen molar-refractivity contribution >= 4 is 5.78 Å². The van der Waals surface area contributed by atoms with Gasteiger partial charge in [-0.1, -0.05) is 25.1 Å². The summed E-state index contributed by atoms with van der Waals surface area (Å²) < 4.78 is 1.81. The molecule has 150 valence electrons. The van der Waals surface area contributed by atoms with Crippen LogP contribution < -0.4 is 0 Å². The van der Waals surface area contributed by atoms with Gasteiger partial charge in [0.15, 0.2) is 5.78 Å². The fourth-order valence-corrected chi connectivity index (χ4v) is 3.61. The molecule has 0 spiro atoms. The van der Waals surface area contributed by atoms with E-state index in [2.05, 4.69) is 40.2 Å². The third-order valence-electron chi connectivity index (χ3n) is 5.35. The zero-order valence-corrected chi connectivity index (χ0v) is 17.5. The summed E-state index contributed by atoms with van der Waals surface area (Å²) in [4.78, 5) is 21.2. The maximum Gasteiger partial charge on any atom is 0.170 e. The summed E-state index contributed by atoms with van der Waals surface area (Å²) in [5, 5.41) is 4.28. The Morgan fingerprint density at radius 3 is 2.50 bits per heavy atom. The number of rotatable bonds is 6. The van der Waals surface area contributed by atoms with E-state index in [1.165, 1.54) is 5.56 Å². The summed E-state index contributed by atoms with van der Waals surface area (Å²) in [6.07, 6.45) is 10.3. The van der Waals surface area contributed by atoms with E-state index in [0.29, 0.717) is 5.56 Å². The Bertz CT molecular complexity index is 1190. The molecule has 0 N–H and O–H groups in total. The van der Waals surface area contributed by atoms with Crippen LogP contribution in [0.2, 0.25) is 0 Å². The van der Waals surface area contributed by atoms with Crippen LogP contribution in [0.5, 0.6) is 0 Å². The molecular formula is C25H24N4O. The number of aromatic nitrogens is 4. The molecule has 0 fully saturated rings. The number of ketones is 1. The van der Waals surface area contributed by atoms with E-state index < -0.39 is 0 Å². The Kier molecular flexibility index (Phi) is 5.53. The summed E-state index contributed by atoms with van der Waals surface area (Å²) in [5.74, 6) is 0.0358. The number of benzene rings is 1. The zero-order valence-electron chi connectivity index (χ0n) is 17.5. The van der Waals surface area contributed by atoms with Gasteiger partial charge in [-0.15, -0.1) is 0 Å². The number of carbonyl (C=O) groups excluding carboxylic acids is 1. The largest absolute Gasteiger partial charge is 0.294 e. The van der Waals surface area contributed by atoms with Crippen LogP contribution in [-0.2, 0) is 19.9 Å². The first-order chi connectivity index (χ1) is 14.5. The Morgan fingerprint density at radius 1 is 1.00 bits per heavy atom. The second-order valence-corrected chi connectivity index (χ2v) is 7.46. The lowest BCUT2D eigenvalue weighted by Crippen LogP contribution is -2.07. The highest BCUT2D eigenvalue weighted by Crippen LogP contribution is 2.30. The van der Waals surface area contributed by atoms with E-state index in [-0.39, 0.29) is 12.2 Å². The van der Waals surface area contributed by atoms with Crippen LogP contribution in [0.1, 0.15) is 34.1 Å². The van der Waals surface area contributed by atoms with Crippen LogP contribution in [0.25, 0.3) is 22.3 Å². The average Bonchev–Trinajstić information content (AvgIpc) is 3.20. The molecule has 0 atom stereocenters. The quantitative estimate of drug-likeness (QED) is 0.438. The van der Waals surface area contributed by atoms with Crippen LogP contribution in [0.3, 0.4) is 0 Å². The molecular weight excluding hydrogens is 372 g/mol. The lowest BCUT2D eigenvalue weighted by Gasteiger charge is -2.11. The topological polar surface area (TPSA) is 60.7 Å². The Morgan fingerprint density at radius 2 is 1.83 bits per heavy atom. The molecule has 3 heterocycles. The van der Waals surface area contributed by atoms with E-state index in [4.69, 9.17) is 0 Å². The van der Waals surface area contributed by atoms with Crippen molar-refractivity contribution in [3.05, 3.63) is 89.8 Å². The van der Waals surface area contributed by atoms with Gasteiger partial charge in [0.25, 0.3) is 0 Å². The van der Waals surface area contributed by atoms with Gasteiger partial charge in [-0.25, -0.2) is 0 Å². The van der Waals surface area contributed by atoms with Crippen LogP contribution in [0.4, 0.5) is 0 Å². The molecule has 3 aromatic heterocycles. The molecule has 5 nitrogen and oxygen atoms in total. The van der Waals surface area contributed by atoms with Crippen molar-refractivity contribution in [3.63, 3.8) is 0 Å². The Balaban J connectivity index is 1.60. The van der Waals surface area contributed by atoms with E-state index in [1.807, 2.05) is 50.8 Å². The van der Waals surface area contributed by atoms with Crippen molar-refractivity contribution in [2.24, 2.45) is 7.05 Å². The van der Waals surface area contributed by atoms with E-state index in [1.54, 1.807) is 17.1 Å². The van der Waals surface area contributed by atoms with Gasteiger partial charge in [0.1, 0.15) is 0 Å². The molecule has 30 heavy (non-hydrogen) atoms. The first kappa shape index (κ1) is 19.7. The Labute approximate surface area is 176 Å². The van der Waals surface area contributed by atoms with E-state index >= 15 is 0 Å². The highest BCUT2D eigenvalue weighted by molar-refractivity contribution is 5.98. The summed E-state index contributed by atoms with van der Waals surface area (Å²) in [6, 6.07) is 12.3. The van der Waals surface area contributed by atoms with Gasteiger partial charge >= 0.3 is 0 Å². The molecule has 0 unspecified atom stereocenters. The molecule has 1 aromatic carbocycles. The molecule has 0 radical (unpaired) electrons. The zero-order chi connectivity index (χ0) is 21.1. The average molecular weight is 396 g/mol. The minimum atomic E-state index is 0.0358. The van der Waals surface area contributed by atoms with Gasteiger partial charge in [-0.05, 0) is 53.8 Å². The SMILES string of the molecule is CCc1ccc(-c2cnn(C)c2)cc1-c1ccc(CC(=O)c2cnccc2C)nc1. The number of carbonyl (C=O) groups is 1. The number of hydrogen-bond donors (Lipinski definition) is 0. The standard InChI is InChI=1S/C25H24N4O/c1-4-18-5-6-19(21-14-28-29(3)16-21)11-23(18)20-7-8-22(27-13-20)12-25(30)24-15-26-10-9-17(24)2/h5-11,13-16H,4,12H2,1-3H3. The predicted octanol–water partition coefficient (Wildman–Crippen LogP) is 4.84. The highest BCUT2D eigenvalue weighted by atomic mass is 16.1. The van der Waals surface area contributed by atoms with E-state index in [9.17, 15) is 4.79 Å². The molecule has 4 aromatic rings. The minimum Gasteiger partial charge on any atom is -0.294 e. The lowest BCUT2D eigenvalue weighted by molar-refractivity contribution is 0.0991. The van der Waals surface area contributed by atoms with E-state index in [0.717, 1.165) is 39.9 Å². The van der Waals surface area contributed by atoms with Gasteiger partial charge in [-0.3, -0.25) is 19.4 Å². The molecule has 4 rings (SSSR count). The summed E-state index contributed by atoms with van der Waals surface area (Å²) in [5.41, 5.74) is 8.03.